The van der Waals surface area contributed by atoms with E-state index in [1.807, 2.05) is 44.6 Å². The molecule has 3 rings (SSSR count). The van der Waals surface area contributed by atoms with E-state index in [0.717, 1.165) is 39.3 Å². The van der Waals surface area contributed by atoms with Crippen LogP contribution < -0.4 is 15.0 Å². The van der Waals surface area contributed by atoms with Gasteiger partial charge in [0.05, 0.1) is 17.1 Å². The number of hydrogen-bond acceptors (Lipinski definition) is 5. The van der Waals surface area contributed by atoms with Crippen LogP contribution >= 0.6 is 15.9 Å². The molecule has 0 saturated carbocycles. The third-order valence-electron chi connectivity index (χ3n) is 3.84. The summed E-state index contributed by atoms with van der Waals surface area (Å²) in [5.74, 6) is 2.56. The molecule has 2 aromatic heterocycles. The van der Waals surface area contributed by atoms with Gasteiger partial charge in [-0.2, -0.15) is 0 Å². The zero-order valence-electron chi connectivity index (χ0n) is 13.9. The molecule has 5 nitrogen and oxygen atoms in total. The van der Waals surface area contributed by atoms with E-state index in [9.17, 15) is 0 Å². The summed E-state index contributed by atoms with van der Waals surface area (Å²) in [6.45, 7) is 0.762. The Morgan fingerprint density at radius 1 is 1.21 bits per heavy atom. The molecule has 1 N–H and O–H groups in total. The van der Waals surface area contributed by atoms with Crippen molar-refractivity contribution in [3.8, 4) is 5.75 Å². The van der Waals surface area contributed by atoms with Gasteiger partial charge < -0.3 is 15.0 Å². The largest absolute Gasteiger partial charge is 0.497 e. The fraction of sp³-hybridized carbons (Fsp3) is 0.222. The second-order valence-corrected chi connectivity index (χ2v) is 6.36. The zero-order chi connectivity index (χ0) is 17.1. The molecule has 0 radical (unpaired) electrons. The van der Waals surface area contributed by atoms with Gasteiger partial charge in [-0.3, -0.25) is 0 Å². The molecule has 0 aliphatic carbocycles. The molecule has 24 heavy (non-hydrogen) atoms. The van der Waals surface area contributed by atoms with Gasteiger partial charge in [-0.1, -0.05) is 12.1 Å². The number of hydrogen-bond donors (Lipinski definition) is 1. The van der Waals surface area contributed by atoms with Crippen molar-refractivity contribution >= 4 is 38.5 Å². The number of rotatable bonds is 5. The average molecular weight is 387 g/mol. The number of nitrogens with one attached hydrogen (secondary N) is 1. The van der Waals surface area contributed by atoms with Crippen molar-refractivity contribution in [3.05, 3.63) is 52.6 Å². The Labute approximate surface area is 149 Å². The monoisotopic (exact) mass is 386 g/mol. The first-order valence-corrected chi connectivity index (χ1v) is 8.38. The number of ether oxygens (including phenoxy) is 1. The molecular weight excluding hydrogens is 368 g/mol. The molecule has 2 heterocycles. The van der Waals surface area contributed by atoms with Gasteiger partial charge in [0.25, 0.3) is 0 Å². The highest BCUT2D eigenvalue weighted by molar-refractivity contribution is 9.10. The summed E-state index contributed by atoms with van der Waals surface area (Å²) >= 11 is 3.51. The van der Waals surface area contributed by atoms with Gasteiger partial charge in [0, 0.05) is 38.3 Å². The van der Waals surface area contributed by atoms with E-state index in [2.05, 4.69) is 48.2 Å². The van der Waals surface area contributed by atoms with Crippen LogP contribution in [0.25, 0.3) is 10.9 Å². The number of fused-ring (bicyclic) bond motifs is 1. The fourth-order valence-electron chi connectivity index (χ4n) is 2.50. The molecule has 0 spiro atoms. The molecule has 1 aromatic carbocycles. The highest BCUT2D eigenvalue weighted by atomic mass is 79.9. The van der Waals surface area contributed by atoms with E-state index >= 15 is 0 Å². The Bertz CT molecular complexity index is 852. The first kappa shape index (κ1) is 16.5. The van der Waals surface area contributed by atoms with Crippen molar-refractivity contribution in [3.63, 3.8) is 0 Å². The molecule has 0 fully saturated rings. The molecule has 0 bridgehead atoms. The number of nitrogens with zero attached hydrogens (tertiary/aromatic N) is 3. The summed E-state index contributed by atoms with van der Waals surface area (Å²) in [6.07, 6.45) is 1.85. The van der Waals surface area contributed by atoms with Crippen LogP contribution in [-0.4, -0.2) is 31.2 Å². The minimum absolute atomic E-state index is 0.762. The van der Waals surface area contributed by atoms with Crippen LogP contribution in [0.15, 0.2) is 47.1 Å². The molecule has 0 aliphatic heterocycles. The Hall–Kier alpha value is -2.34. The summed E-state index contributed by atoms with van der Waals surface area (Å²) in [4.78, 5) is 11.3. The molecule has 0 unspecified atom stereocenters. The van der Waals surface area contributed by atoms with Crippen molar-refractivity contribution in [1.82, 2.24) is 9.97 Å². The van der Waals surface area contributed by atoms with Crippen molar-refractivity contribution in [2.45, 2.75) is 6.54 Å². The Balaban J connectivity index is 1.85. The standard InChI is InChI=1S/C18H19BrN4O/c1-20-18-15(19)8-13-10-21-17(9-16(13)22-18)23(2)11-12-4-6-14(24-3)7-5-12/h4-10H,11H2,1-3H3,(H,20,22). The van der Waals surface area contributed by atoms with Gasteiger partial charge in [0.15, 0.2) is 0 Å². The van der Waals surface area contributed by atoms with E-state index in [4.69, 9.17) is 4.74 Å². The summed E-state index contributed by atoms with van der Waals surface area (Å²) in [5, 5.41) is 4.09. The summed E-state index contributed by atoms with van der Waals surface area (Å²) in [5.41, 5.74) is 2.11. The minimum atomic E-state index is 0.762. The van der Waals surface area contributed by atoms with Crippen molar-refractivity contribution < 1.29 is 4.74 Å². The van der Waals surface area contributed by atoms with E-state index in [-0.39, 0.29) is 0 Å². The molecule has 124 valence electrons. The highest BCUT2D eigenvalue weighted by Gasteiger charge is 2.08. The van der Waals surface area contributed by atoms with Crippen LogP contribution in [0.3, 0.4) is 0 Å². The van der Waals surface area contributed by atoms with E-state index in [1.54, 1.807) is 7.11 Å². The summed E-state index contributed by atoms with van der Waals surface area (Å²) in [6, 6.07) is 12.1. The Morgan fingerprint density at radius 2 is 1.96 bits per heavy atom. The smallest absolute Gasteiger partial charge is 0.140 e. The number of methoxy groups -OCH3 is 1. The second kappa shape index (κ2) is 7.05. The SMILES string of the molecule is CNc1nc2cc(N(C)Cc3ccc(OC)cc3)ncc2cc1Br. The lowest BCUT2D eigenvalue weighted by atomic mass is 10.2. The van der Waals surface area contributed by atoms with Crippen LogP contribution in [0.2, 0.25) is 0 Å². The lowest BCUT2D eigenvalue weighted by Gasteiger charge is -2.19. The van der Waals surface area contributed by atoms with Crippen molar-refractivity contribution in [2.24, 2.45) is 0 Å². The molecule has 0 amide bonds. The molecule has 6 heteroatoms. The van der Waals surface area contributed by atoms with E-state index in [0.29, 0.717) is 0 Å². The quantitative estimate of drug-likeness (QED) is 0.715. The van der Waals surface area contributed by atoms with E-state index < -0.39 is 0 Å². The Kier molecular flexibility index (Phi) is 4.85. The Morgan fingerprint density at radius 3 is 2.62 bits per heavy atom. The number of anilines is 2. The third-order valence-corrected chi connectivity index (χ3v) is 4.45. The highest BCUT2D eigenvalue weighted by Crippen LogP contribution is 2.26. The maximum atomic E-state index is 5.19. The lowest BCUT2D eigenvalue weighted by molar-refractivity contribution is 0.414. The number of aromatic nitrogens is 2. The third kappa shape index (κ3) is 3.43. The first-order chi connectivity index (χ1) is 11.6. The topological polar surface area (TPSA) is 50.3 Å². The fourth-order valence-corrected chi connectivity index (χ4v) is 3.03. The van der Waals surface area contributed by atoms with Crippen molar-refractivity contribution in [1.29, 1.82) is 0 Å². The summed E-state index contributed by atoms with van der Waals surface area (Å²) in [7, 11) is 5.55. The maximum absolute atomic E-state index is 5.19. The normalized spacial score (nSPS) is 10.7. The summed E-state index contributed by atoms with van der Waals surface area (Å²) < 4.78 is 6.12. The second-order valence-electron chi connectivity index (χ2n) is 5.51. The van der Waals surface area contributed by atoms with Crippen LogP contribution in [0.4, 0.5) is 11.6 Å². The predicted octanol–water partition coefficient (Wildman–Crippen LogP) is 4.08. The number of pyridine rings is 2. The van der Waals surface area contributed by atoms with Gasteiger partial charge in [0.1, 0.15) is 17.4 Å². The number of benzene rings is 1. The average Bonchev–Trinajstić information content (AvgIpc) is 2.61. The molecule has 0 saturated heterocycles. The number of halogens is 1. The van der Waals surface area contributed by atoms with Crippen LogP contribution in [0.5, 0.6) is 5.75 Å². The van der Waals surface area contributed by atoms with Crippen molar-refractivity contribution in [2.75, 3.05) is 31.4 Å². The van der Waals surface area contributed by atoms with Gasteiger partial charge in [-0.25, -0.2) is 9.97 Å². The van der Waals surface area contributed by atoms with E-state index in [1.165, 1.54) is 5.56 Å². The zero-order valence-corrected chi connectivity index (χ0v) is 15.5. The van der Waals surface area contributed by atoms with Crippen LogP contribution in [-0.2, 0) is 6.54 Å². The molecular formula is C18H19BrN4O. The maximum Gasteiger partial charge on any atom is 0.140 e. The first-order valence-electron chi connectivity index (χ1n) is 7.59. The van der Waals surface area contributed by atoms with Gasteiger partial charge in [-0.05, 0) is 39.7 Å². The predicted molar refractivity (Wildman–Crippen MR) is 102 cm³/mol. The molecule has 0 aliphatic rings. The van der Waals surface area contributed by atoms with Gasteiger partial charge in [0.2, 0.25) is 0 Å². The molecule has 0 atom stereocenters. The lowest BCUT2D eigenvalue weighted by Crippen LogP contribution is -2.17. The van der Waals surface area contributed by atoms with Gasteiger partial charge in [-0.15, -0.1) is 0 Å². The molecule has 3 aromatic rings. The van der Waals surface area contributed by atoms with Crippen LogP contribution in [0.1, 0.15) is 5.56 Å². The van der Waals surface area contributed by atoms with Crippen LogP contribution in [0, 0.1) is 0 Å². The van der Waals surface area contributed by atoms with Gasteiger partial charge >= 0.3 is 0 Å². The minimum Gasteiger partial charge on any atom is -0.497 e.